The van der Waals surface area contributed by atoms with Crippen molar-refractivity contribution in [2.75, 3.05) is 13.2 Å². The fourth-order valence-corrected chi connectivity index (χ4v) is 0.258. The first kappa shape index (κ1) is 7.55. The van der Waals surface area contributed by atoms with Crippen LogP contribution in [0.5, 0.6) is 0 Å². The van der Waals surface area contributed by atoms with Crippen molar-refractivity contribution in [3.8, 4) is 0 Å². The van der Waals surface area contributed by atoms with Crippen molar-refractivity contribution in [2.45, 2.75) is 5.66 Å². The molecule has 0 rings (SSSR count). The second kappa shape index (κ2) is 2.76. The van der Waals surface area contributed by atoms with Crippen LogP contribution in [0.1, 0.15) is 0 Å². The van der Waals surface area contributed by atoms with Crippen LogP contribution in [0.25, 0.3) is 0 Å². The van der Waals surface area contributed by atoms with Crippen molar-refractivity contribution in [2.24, 2.45) is 16.5 Å². The SMILES string of the molecule is C=NCC(N)(N)CO. The maximum atomic E-state index is 8.39. The zero-order valence-corrected chi connectivity index (χ0v) is 4.67. The molecule has 0 spiro atoms. The molecule has 0 aromatic carbocycles. The molecule has 0 aliphatic heterocycles. The van der Waals surface area contributed by atoms with Crippen molar-refractivity contribution in [1.29, 1.82) is 0 Å². The van der Waals surface area contributed by atoms with Gasteiger partial charge in [-0.3, -0.25) is 4.99 Å². The van der Waals surface area contributed by atoms with Crippen LogP contribution in [0.15, 0.2) is 4.99 Å². The molecule has 0 aromatic heterocycles. The van der Waals surface area contributed by atoms with Crippen LogP contribution < -0.4 is 11.5 Å². The van der Waals surface area contributed by atoms with Crippen molar-refractivity contribution < 1.29 is 5.11 Å². The van der Waals surface area contributed by atoms with Gasteiger partial charge in [0.2, 0.25) is 0 Å². The lowest BCUT2D eigenvalue weighted by Gasteiger charge is -2.17. The van der Waals surface area contributed by atoms with E-state index in [0.29, 0.717) is 0 Å². The van der Waals surface area contributed by atoms with E-state index in [9.17, 15) is 0 Å². The quantitative estimate of drug-likeness (QED) is 0.304. The molecule has 0 fully saturated rings. The van der Waals surface area contributed by atoms with Gasteiger partial charge in [0, 0.05) is 0 Å². The molecule has 0 aliphatic carbocycles. The molecule has 0 saturated carbocycles. The zero-order chi connectivity index (χ0) is 6.62. The lowest BCUT2D eigenvalue weighted by Crippen LogP contribution is -2.55. The zero-order valence-electron chi connectivity index (χ0n) is 4.67. The van der Waals surface area contributed by atoms with Crippen molar-refractivity contribution in [3.05, 3.63) is 0 Å². The summed E-state index contributed by atoms with van der Waals surface area (Å²) in [6.45, 7) is 3.08. The van der Waals surface area contributed by atoms with Crippen LogP contribution in [0.3, 0.4) is 0 Å². The molecule has 0 unspecified atom stereocenters. The van der Waals surface area contributed by atoms with Crippen LogP contribution in [-0.2, 0) is 0 Å². The molecule has 0 saturated heterocycles. The Morgan fingerprint density at radius 2 is 2.12 bits per heavy atom. The first-order valence-electron chi connectivity index (χ1n) is 2.23. The maximum Gasteiger partial charge on any atom is 0.107 e. The molecule has 48 valence electrons. The number of aliphatic imine (C=N–C) groups is 1. The fraction of sp³-hybridized carbons (Fsp3) is 0.750. The summed E-state index contributed by atoms with van der Waals surface area (Å²) < 4.78 is 0. The van der Waals surface area contributed by atoms with Gasteiger partial charge in [0.05, 0.1) is 13.2 Å². The Bertz CT molecular complexity index is 81.4. The van der Waals surface area contributed by atoms with E-state index >= 15 is 0 Å². The third-order valence-electron chi connectivity index (χ3n) is 0.701. The third-order valence-corrected chi connectivity index (χ3v) is 0.701. The summed E-state index contributed by atoms with van der Waals surface area (Å²) in [6.07, 6.45) is 0. The molecule has 0 aromatic rings. The van der Waals surface area contributed by atoms with Crippen LogP contribution >= 0.6 is 0 Å². The highest BCUT2D eigenvalue weighted by Crippen LogP contribution is 1.86. The minimum absolute atomic E-state index is 0.184. The molecule has 0 amide bonds. The predicted molar refractivity (Wildman–Crippen MR) is 32.6 cm³/mol. The van der Waals surface area contributed by atoms with Gasteiger partial charge in [-0.1, -0.05) is 0 Å². The predicted octanol–water partition coefficient (Wildman–Crippen LogP) is -1.71. The largest absolute Gasteiger partial charge is 0.393 e. The van der Waals surface area contributed by atoms with E-state index in [2.05, 4.69) is 11.7 Å². The van der Waals surface area contributed by atoms with Gasteiger partial charge in [0.15, 0.2) is 0 Å². The number of hydrogen-bond donors (Lipinski definition) is 3. The van der Waals surface area contributed by atoms with Crippen molar-refractivity contribution in [1.82, 2.24) is 0 Å². The monoisotopic (exact) mass is 117 g/mol. The summed E-state index contributed by atoms with van der Waals surface area (Å²) in [5.41, 5.74) is 9.36. The summed E-state index contributed by atoms with van der Waals surface area (Å²) in [7, 11) is 0. The van der Waals surface area contributed by atoms with Crippen LogP contribution in [0, 0.1) is 0 Å². The van der Waals surface area contributed by atoms with E-state index < -0.39 is 5.66 Å². The lowest BCUT2D eigenvalue weighted by molar-refractivity contribution is 0.205. The van der Waals surface area contributed by atoms with Gasteiger partial charge in [-0.2, -0.15) is 0 Å². The second-order valence-electron chi connectivity index (χ2n) is 1.77. The Morgan fingerprint density at radius 3 is 2.25 bits per heavy atom. The van der Waals surface area contributed by atoms with Gasteiger partial charge in [-0.05, 0) is 6.72 Å². The number of aliphatic hydroxyl groups excluding tert-OH is 1. The summed E-state index contributed by atoms with van der Waals surface area (Å²) >= 11 is 0. The Balaban J connectivity index is 3.53. The first-order valence-corrected chi connectivity index (χ1v) is 2.23. The highest BCUT2D eigenvalue weighted by atomic mass is 16.3. The van der Waals surface area contributed by atoms with Crippen molar-refractivity contribution >= 4 is 6.72 Å². The van der Waals surface area contributed by atoms with Gasteiger partial charge < -0.3 is 16.6 Å². The molecule has 0 heterocycles. The molecule has 0 aliphatic rings. The molecule has 0 radical (unpaired) electrons. The Hall–Kier alpha value is -0.450. The molecular weight excluding hydrogens is 106 g/mol. The summed E-state index contributed by atoms with van der Waals surface area (Å²) in [5.74, 6) is 0. The fourth-order valence-electron chi connectivity index (χ4n) is 0.258. The van der Waals surface area contributed by atoms with Crippen LogP contribution in [-0.4, -0.2) is 30.6 Å². The summed E-state index contributed by atoms with van der Waals surface area (Å²) in [4.78, 5) is 3.42. The molecule has 5 N–H and O–H groups in total. The molecule has 0 atom stereocenters. The van der Waals surface area contributed by atoms with Crippen LogP contribution in [0.2, 0.25) is 0 Å². The van der Waals surface area contributed by atoms with E-state index in [1.807, 2.05) is 0 Å². The molecule has 8 heavy (non-hydrogen) atoms. The Kier molecular flexibility index (Phi) is 2.60. The molecule has 4 nitrogen and oxygen atoms in total. The van der Waals surface area contributed by atoms with Gasteiger partial charge in [0.25, 0.3) is 0 Å². The van der Waals surface area contributed by atoms with E-state index in [-0.39, 0.29) is 13.2 Å². The maximum absolute atomic E-state index is 8.39. The molecule has 4 heteroatoms. The van der Waals surface area contributed by atoms with Gasteiger partial charge in [-0.25, -0.2) is 0 Å². The smallest absolute Gasteiger partial charge is 0.107 e. The normalized spacial score (nSPS) is 11.4. The highest BCUT2D eigenvalue weighted by Gasteiger charge is 2.14. The average molecular weight is 117 g/mol. The lowest BCUT2D eigenvalue weighted by atomic mass is 10.2. The van der Waals surface area contributed by atoms with E-state index in [1.165, 1.54) is 0 Å². The Morgan fingerprint density at radius 1 is 1.62 bits per heavy atom. The molecular formula is C4H11N3O. The standard InChI is InChI=1S/C4H11N3O/c1-7-2-4(5,6)3-8/h8H,1-3,5-6H2. The number of aliphatic hydroxyl groups is 1. The Labute approximate surface area is 48.2 Å². The topological polar surface area (TPSA) is 84.6 Å². The number of rotatable bonds is 3. The van der Waals surface area contributed by atoms with E-state index in [4.69, 9.17) is 16.6 Å². The molecule has 0 bridgehead atoms. The second-order valence-corrected chi connectivity index (χ2v) is 1.77. The minimum atomic E-state index is -1.08. The van der Waals surface area contributed by atoms with Crippen LogP contribution in [0.4, 0.5) is 0 Å². The van der Waals surface area contributed by atoms with E-state index in [0.717, 1.165) is 0 Å². The van der Waals surface area contributed by atoms with E-state index in [1.54, 1.807) is 0 Å². The highest BCUT2D eigenvalue weighted by molar-refractivity contribution is 5.23. The van der Waals surface area contributed by atoms with Gasteiger partial charge in [-0.15, -0.1) is 0 Å². The van der Waals surface area contributed by atoms with Crippen molar-refractivity contribution in [3.63, 3.8) is 0 Å². The first-order chi connectivity index (χ1) is 3.62. The summed E-state index contributed by atoms with van der Waals surface area (Å²) in [5, 5.41) is 8.39. The average Bonchev–Trinajstić information content (AvgIpc) is 1.67. The van der Waals surface area contributed by atoms with Gasteiger partial charge >= 0.3 is 0 Å². The minimum Gasteiger partial charge on any atom is -0.393 e. The number of nitrogens with two attached hydrogens (primary N) is 2. The summed E-state index contributed by atoms with van der Waals surface area (Å²) in [6, 6.07) is 0. The number of hydrogen-bond acceptors (Lipinski definition) is 4. The number of nitrogens with zero attached hydrogens (tertiary/aromatic N) is 1. The van der Waals surface area contributed by atoms with Gasteiger partial charge in [0.1, 0.15) is 5.66 Å². The third kappa shape index (κ3) is 2.68.